The largest absolute Gasteiger partial charge is 0.522 e. The van der Waals surface area contributed by atoms with Gasteiger partial charge in [0.25, 0.3) is 23.6 Å². The molecular weight excluding hydrogens is 1750 g/mol. The van der Waals surface area contributed by atoms with Gasteiger partial charge in [-0.05, 0) is 159 Å². The molecule has 0 aliphatic carbocycles. The second kappa shape index (κ2) is 37.5. The van der Waals surface area contributed by atoms with Gasteiger partial charge in [0.1, 0.15) is 63.8 Å². The van der Waals surface area contributed by atoms with Crippen LogP contribution in [0.3, 0.4) is 0 Å². The van der Waals surface area contributed by atoms with Crippen LogP contribution in [0, 0.1) is 18.6 Å². The zero-order valence-electron chi connectivity index (χ0n) is 75.2. The summed E-state index contributed by atoms with van der Waals surface area (Å²) in [5, 5.41) is 17.9. The molecule has 4 fully saturated rings. The molecule has 13 aromatic rings. The maximum absolute atomic E-state index is 13.9. The third-order valence-corrected chi connectivity index (χ3v) is 26.3. The Morgan fingerprint density at radius 2 is 0.852 bits per heavy atom. The number of benzene rings is 8. The summed E-state index contributed by atoms with van der Waals surface area (Å²) >= 11 is 0. The lowest BCUT2D eigenvalue weighted by molar-refractivity contribution is -0.325. The van der Waals surface area contributed by atoms with E-state index in [-0.39, 0.29) is 59.1 Å². The number of nitrogens with zero attached hydrogens (tertiary/aromatic N) is 13. The molecule has 0 saturated carbocycles. The molecule has 0 N–H and O–H groups in total. The molecule has 135 heavy (non-hydrogen) atoms. The van der Waals surface area contributed by atoms with E-state index in [2.05, 4.69) is 40.5 Å². The second-order valence-electron chi connectivity index (χ2n) is 34.2. The Morgan fingerprint density at radius 3 is 1.30 bits per heavy atom. The van der Waals surface area contributed by atoms with E-state index in [1.165, 1.54) is 67.8 Å². The van der Waals surface area contributed by atoms with Crippen LogP contribution in [0.25, 0.3) is 45.1 Å². The van der Waals surface area contributed by atoms with Crippen LogP contribution in [0.15, 0.2) is 219 Å². The molecule has 4 amide bonds. The first-order valence-corrected chi connectivity index (χ1v) is 44.6. The molecule has 0 radical (unpaired) electrons. The zero-order chi connectivity index (χ0) is 94.2. The number of fused-ring (bicyclic) bond motifs is 16. The zero-order valence-corrected chi connectivity index (χ0v) is 75.2. The molecule has 0 atom stereocenters. The van der Waals surface area contributed by atoms with Crippen molar-refractivity contribution in [2.75, 3.05) is 86.4 Å². The lowest BCUT2D eigenvalue weighted by atomic mass is 9.81. The van der Waals surface area contributed by atoms with Gasteiger partial charge in [0.05, 0.1) is 97.6 Å². The quantitative estimate of drug-likeness (QED) is 0.0644. The highest BCUT2D eigenvalue weighted by Crippen LogP contribution is 2.54. The maximum Gasteiger partial charge on any atom is 0.522 e. The van der Waals surface area contributed by atoms with E-state index in [0.717, 1.165) is 91.2 Å². The van der Waals surface area contributed by atoms with Crippen molar-refractivity contribution in [3.8, 4) is 96.9 Å². The summed E-state index contributed by atoms with van der Waals surface area (Å²) in [5.41, 5.74) is 12.5. The maximum atomic E-state index is 13.9. The van der Waals surface area contributed by atoms with Crippen molar-refractivity contribution in [1.82, 2.24) is 63.3 Å². The molecule has 27 nitrogen and oxygen atoms in total. The molecule has 21 rings (SSSR count). The lowest BCUT2D eigenvalue weighted by Crippen LogP contribution is -2.50. The van der Waals surface area contributed by atoms with Gasteiger partial charge in [-0.3, -0.25) is 38.0 Å². The fourth-order valence-electron chi connectivity index (χ4n) is 19.4. The van der Waals surface area contributed by atoms with Crippen molar-refractivity contribution in [3.05, 3.63) is 281 Å². The number of methoxy groups -OCH3 is 2. The Bertz CT molecular complexity index is 6550. The van der Waals surface area contributed by atoms with Crippen LogP contribution < -0.4 is 42.6 Å². The number of carbonyl (C=O) groups excluding carboxylic acids is 4. The number of carbonyl (C=O) groups is 4. The average molecular weight is 1850 g/mol. The van der Waals surface area contributed by atoms with E-state index >= 15 is 0 Å². The normalized spacial score (nSPS) is 16.2. The van der Waals surface area contributed by atoms with Crippen LogP contribution in [0.5, 0.6) is 51.7 Å². The molecule has 4 spiro atoms. The summed E-state index contributed by atoms with van der Waals surface area (Å²) in [7, 11) is 8.77. The van der Waals surface area contributed by atoms with Gasteiger partial charge in [-0.25, -0.2) is 13.5 Å². The fourth-order valence-corrected chi connectivity index (χ4v) is 19.4. The number of rotatable bonds is 16. The van der Waals surface area contributed by atoms with Crippen molar-refractivity contribution in [2.24, 2.45) is 21.1 Å². The molecule has 5 aromatic heterocycles. The van der Waals surface area contributed by atoms with Crippen molar-refractivity contribution < 1.29 is 97.3 Å². The highest BCUT2D eigenvalue weighted by Gasteiger charge is 2.51. The van der Waals surface area contributed by atoms with Gasteiger partial charge < -0.3 is 66.8 Å². The highest BCUT2D eigenvalue weighted by molar-refractivity contribution is 5.97. The van der Waals surface area contributed by atoms with Gasteiger partial charge in [-0.15, -0.1) is 13.2 Å². The number of hydrogen-bond donors (Lipinski definition) is 0. The van der Waals surface area contributed by atoms with Gasteiger partial charge in [0.15, 0.2) is 28.6 Å². The third kappa shape index (κ3) is 17.9. The first-order valence-electron chi connectivity index (χ1n) is 44.6. The van der Waals surface area contributed by atoms with Gasteiger partial charge in [0.2, 0.25) is 0 Å². The van der Waals surface area contributed by atoms with E-state index in [1.54, 1.807) is 70.3 Å². The van der Waals surface area contributed by atoms with Gasteiger partial charge in [-0.1, -0.05) is 43.3 Å². The van der Waals surface area contributed by atoms with Crippen molar-refractivity contribution >= 4 is 23.6 Å². The standard InChI is InChI=1S/C26H26F3N3O5.C26H24FN5O2.C26H27FN2O4.C23H21F2N3O3/c1-31-23-18-5-3-4-6-20(18)37-25(19(23)16-30-31)9-11-32(12-10-25)24(33)17-7-8-21(22(15-17)34-2)35-13-14-36-26(27,28)29;1-17-21(15-29-32(17)19-9-7-18(27)8-10-19)25(33)31-13-11-26(12-14-31)22-16-28-30(2)24(22)20-5-3-4-6-23(20)34-26;1-3-15-32-21-9-6-18(16-23(21)31-2)25(30)28-13-10-26(11-14-28)24-5-4-12-29(24)20-8-7-19(27)17-22(20)33-26;1-27-20-17-4-2-3-5-19(17)31-23(18(20)14-26-27)10-12-28(13-11-23)21(29)15-6-8-16(9-7-15)30-22(24)25/h3-8,15-16H,9-14H2,1-2H3;3-10,15-16H,11-14H2,1-2H3;4-9,12,16-17H,3,10-11,13-15H2,1-2H3;2-9,14,22H,10-13H2,1H3. The van der Waals surface area contributed by atoms with Gasteiger partial charge in [-0.2, -0.15) is 29.2 Å². The Balaban J connectivity index is 0.000000120. The van der Waals surface area contributed by atoms with Crippen molar-refractivity contribution in [2.45, 2.75) is 107 Å². The first-order chi connectivity index (χ1) is 65.2. The van der Waals surface area contributed by atoms with E-state index < -0.39 is 42.0 Å². The summed E-state index contributed by atoms with van der Waals surface area (Å²) in [6.07, 6.45) is 10.4. The lowest BCUT2D eigenvalue weighted by Gasteiger charge is -2.45. The summed E-state index contributed by atoms with van der Waals surface area (Å²) in [6, 6.07) is 54.3. The van der Waals surface area contributed by atoms with Crippen LogP contribution in [0.2, 0.25) is 0 Å². The number of alkyl halides is 5. The number of likely N-dealkylation sites (tertiary alicyclic amines) is 4. The average Bonchev–Trinajstić information content (AvgIpc) is 1.65. The van der Waals surface area contributed by atoms with Crippen LogP contribution in [0.4, 0.5) is 30.7 Å². The van der Waals surface area contributed by atoms with Gasteiger partial charge >= 0.3 is 13.0 Å². The topological polar surface area (TPSA) is 250 Å². The molecular formula is C101H98F7N13O14. The van der Waals surface area contributed by atoms with Crippen LogP contribution in [-0.4, -0.2) is 186 Å². The number of halogens is 7. The summed E-state index contributed by atoms with van der Waals surface area (Å²) in [4.78, 5) is 60.1. The Kier molecular flexibility index (Phi) is 25.2. The Hall–Kier alpha value is -14.6. The van der Waals surface area contributed by atoms with E-state index in [9.17, 15) is 49.9 Å². The number of piperidine rings is 4. The summed E-state index contributed by atoms with van der Waals surface area (Å²) < 4.78 is 154. The SMILES string of the molecule is CCCOc1ccc(C(=O)N2CCC3(CC2)Oc2cc(F)ccc2-n2cccc23)cc1OC.COc1cc(C(=O)N2CCC3(CC2)Oc2ccccc2-c2c3cnn2C)ccc1OCCOC(F)(F)F.Cc1c(C(=O)N2CCC3(CC2)Oc2ccccc2-c2c3cnn2C)cnn1-c1ccc(F)cc1.Cn1ncc2c1-c1ccccc1OC21CCN(C(=O)c2ccc(OC(F)F)cc2)CC1. The Labute approximate surface area is 772 Å². The minimum absolute atomic E-state index is 0.0301. The smallest absolute Gasteiger partial charge is 0.493 e. The predicted octanol–water partition coefficient (Wildman–Crippen LogP) is 17.9. The summed E-state index contributed by atoms with van der Waals surface area (Å²) in [5.74, 6) is 3.65. The monoisotopic (exact) mass is 1850 g/mol. The molecule has 8 aliphatic heterocycles. The number of amides is 4. The van der Waals surface area contributed by atoms with E-state index in [4.69, 9.17) is 37.9 Å². The van der Waals surface area contributed by atoms with Crippen LogP contribution in [0.1, 0.15) is 134 Å². The fraction of sp³-hybridized carbons (Fsp3) is 0.327. The third-order valence-electron chi connectivity index (χ3n) is 26.3. The number of aryl methyl sites for hydroxylation is 3. The molecule has 4 saturated heterocycles. The second-order valence-corrected chi connectivity index (χ2v) is 34.2. The number of ether oxygens (including phenoxy) is 10. The van der Waals surface area contributed by atoms with Gasteiger partial charge in [0, 0.05) is 187 Å². The molecule has 13 heterocycles. The highest BCUT2D eigenvalue weighted by atomic mass is 19.4. The van der Waals surface area contributed by atoms with Crippen molar-refractivity contribution in [3.63, 3.8) is 0 Å². The van der Waals surface area contributed by atoms with E-state index in [1.807, 2.05) is 162 Å². The first kappa shape index (κ1) is 90.9. The predicted molar refractivity (Wildman–Crippen MR) is 482 cm³/mol. The molecule has 34 heteroatoms. The number of hydrogen-bond acceptors (Lipinski definition) is 18. The number of para-hydroxylation sites is 3. The summed E-state index contributed by atoms with van der Waals surface area (Å²) in [6.45, 7) is 4.80. The van der Waals surface area contributed by atoms with Crippen LogP contribution in [-0.2, 0) is 48.3 Å². The molecule has 8 aliphatic rings. The minimum atomic E-state index is -4.72. The number of aromatic nitrogens is 9. The van der Waals surface area contributed by atoms with Crippen LogP contribution >= 0.6 is 0 Å². The molecule has 0 unspecified atom stereocenters. The van der Waals surface area contributed by atoms with E-state index in [0.29, 0.717) is 156 Å². The minimum Gasteiger partial charge on any atom is -0.493 e. The molecule has 0 bridgehead atoms. The van der Waals surface area contributed by atoms with Crippen molar-refractivity contribution in [1.29, 1.82) is 0 Å². The molecule has 700 valence electrons. The molecule has 8 aromatic carbocycles. The Morgan fingerprint density at radius 1 is 0.437 bits per heavy atom.